The molecule has 1 aromatic heterocycles. The van der Waals surface area contributed by atoms with Crippen LogP contribution in [0.15, 0.2) is 36.5 Å². The first-order chi connectivity index (χ1) is 13.0. The molecular formula is C17H12F7N3O. The Kier molecular flexibility index (Phi) is 6.33. The molecule has 0 spiro atoms. The smallest absolute Gasteiger partial charge is 0.417 e. The summed E-state index contributed by atoms with van der Waals surface area (Å²) in [4.78, 5) is 4.21. The minimum atomic E-state index is -4.90. The summed E-state index contributed by atoms with van der Waals surface area (Å²) in [5, 5.41) is 8.79. The van der Waals surface area contributed by atoms with Crippen LogP contribution in [0.25, 0.3) is 0 Å². The van der Waals surface area contributed by atoms with E-state index in [1.807, 2.05) is 0 Å². The third-order valence-electron chi connectivity index (χ3n) is 3.48. The first-order valence-corrected chi connectivity index (χ1v) is 7.67. The van der Waals surface area contributed by atoms with Gasteiger partial charge in [0, 0.05) is 11.8 Å². The van der Waals surface area contributed by atoms with Crippen molar-refractivity contribution >= 4 is 5.69 Å². The number of hydrogen-bond acceptors (Lipinski definition) is 4. The first-order valence-electron chi connectivity index (χ1n) is 7.67. The molecule has 0 aliphatic carbocycles. The van der Waals surface area contributed by atoms with E-state index in [1.165, 1.54) is 6.07 Å². The molecule has 28 heavy (non-hydrogen) atoms. The van der Waals surface area contributed by atoms with Gasteiger partial charge in [0.15, 0.2) is 0 Å². The van der Waals surface area contributed by atoms with Gasteiger partial charge in [-0.15, -0.1) is 0 Å². The number of benzene rings is 1. The molecular weight excluding hydrogens is 395 g/mol. The number of halogens is 7. The molecule has 0 radical (unpaired) electrons. The summed E-state index contributed by atoms with van der Waals surface area (Å²) in [6.45, 7) is -2.31. The van der Waals surface area contributed by atoms with E-state index in [4.69, 9.17) is 10.00 Å². The van der Waals surface area contributed by atoms with E-state index >= 15 is 0 Å². The van der Waals surface area contributed by atoms with Crippen LogP contribution in [-0.2, 0) is 6.18 Å². The van der Waals surface area contributed by atoms with Gasteiger partial charge in [-0.3, -0.25) is 0 Å². The van der Waals surface area contributed by atoms with Crippen molar-refractivity contribution in [1.82, 2.24) is 4.98 Å². The molecule has 0 aliphatic rings. The SMILES string of the molecule is N#Cc1ccc(N(CCOc2ccc(F)cn2)CC(F)(F)F)cc1C(F)(F)F. The highest BCUT2D eigenvalue weighted by atomic mass is 19.4. The Bertz CT molecular complexity index is 842. The van der Waals surface area contributed by atoms with Crippen molar-refractivity contribution in [2.24, 2.45) is 0 Å². The van der Waals surface area contributed by atoms with Crippen molar-refractivity contribution in [2.75, 3.05) is 24.6 Å². The fraction of sp³-hybridized carbons (Fsp3) is 0.294. The van der Waals surface area contributed by atoms with E-state index in [-0.39, 0.29) is 18.2 Å². The van der Waals surface area contributed by atoms with Crippen molar-refractivity contribution in [3.05, 3.63) is 53.5 Å². The lowest BCUT2D eigenvalue weighted by molar-refractivity contribution is -0.137. The van der Waals surface area contributed by atoms with E-state index in [2.05, 4.69) is 4.98 Å². The fourth-order valence-electron chi connectivity index (χ4n) is 2.28. The lowest BCUT2D eigenvalue weighted by Gasteiger charge is -2.26. The van der Waals surface area contributed by atoms with Crippen LogP contribution in [0.3, 0.4) is 0 Å². The Morgan fingerprint density at radius 1 is 1.07 bits per heavy atom. The van der Waals surface area contributed by atoms with Crippen LogP contribution in [-0.4, -0.2) is 30.9 Å². The Morgan fingerprint density at radius 3 is 2.32 bits per heavy atom. The number of nitrogens with zero attached hydrogens (tertiary/aromatic N) is 3. The van der Waals surface area contributed by atoms with Crippen molar-refractivity contribution in [3.63, 3.8) is 0 Å². The topological polar surface area (TPSA) is 49.2 Å². The van der Waals surface area contributed by atoms with Gasteiger partial charge in [-0.25, -0.2) is 9.37 Å². The Hall–Kier alpha value is -3.03. The zero-order chi connectivity index (χ0) is 20.9. The summed E-state index contributed by atoms with van der Waals surface area (Å²) in [7, 11) is 0. The van der Waals surface area contributed by atoms with Gasteiger partial charge in [-0.2, -0.15) is 31.6 Å². The molecule has 1 heterocycles. The minimum Gasteiger partial charge on any atom is -0.476 e. The first kappa shape index (κ1) is 21.3. The number of hydrogen-bond donors (Lipinski definition) is 0. The van der Waals surface area contributed by atoms with E-state index in [1.54, 1.807) is 0 Å². The molecule has 0 amide bonds. The molecule has 11 heteroatoms. The average molecular weight is 407 g/mol. The third kappa shape index (κ3) is 6.00. The van der Waals surface area contributed by atoms with Crippen molar-refractivity contribution in [2.45, 2.75) is 12.4 Å². The highest BCUT2D eigenvalue weighted by molar-refractivity contribution is 5.55. The maximum atomic E-state index is 13.1. The van der Waals surface area contributed by atoms with Crippen LogP contribution in [0.2, 0.25) is 0 Å². The maximum absolute atomic E-state index is 13.1. The lowest BCUT2D eigenvalue weighted by Crippen LogP contribution is -2.37. The second kappa shape index (κ2) is 8.33. The molecule has 0 bridgehead atoms. The Morgan fingerprint density at radius 2 is 1.79 bits per heavy atom. The Balaban J connectivity index is 2.23. The molecule has 0 aliphatic heterocycles. The van der Waals surface area contributed by atoms with E-state index < -0.39 is 42.4 Å². The molecule has 0 N–H and O–H groups in total. The second-order valence-corrected chi connectivity index (χ2v) is 5.54. The molecule has 2 rings (SSSR count). The van der Waals surface area contributed by atoms with Gasteiger partial charge in [0.1, 0.15) is 19.0 Å². The zero-order valence-corrected chi connectivity index (χ0v) is 14.0. The molecule has 0 unspecified atom stereocenters. The van der Waals surface area contributed by atoms with Gasteiger partial charge >= 0.3 is 12.4 Å². The highest BCUT2D eigenvalue weighted by Gasteiger charge is 2.36. The molecule has 0 saturated heterocycles. The number of anilines is 1. The number of aromatic nitrogens is 1. The lowest BCUT2D eigenvalue weighted by atomic mass is 10.1. The summed E-state index contributed by atoms with van der Waals surface area (Å²) in [5.41, 5.74) is -2.41. The second-order valence-electron chi connectivity index (χ2n) is 5.54. The van der Waals surface area contributed by atoms with Gasteiger partial charge in [0.25, 0.3) is 0 Å². The molecule has 1 aromatic carbocycles. The minimum absolute atomic E-state index is 0.0517. The van der Waals surface area contributed by atoms with Crippen LogP contribution in [0, 0.1) is 17.1 Å². The van der Waals surface area contributed by atoms with Crippen LogP contribution in [0.4, 0.5) is 36.4 Å². The molecule has 0 atom stereocenters. The molecule has 150 valence electrons. The fourth-order valence-corrected chi connectivity index (χ4v) is 2.28. The van der Waals surface area contributed by atoms with Crippen LogP contribution in [0.1, 0.15) is 11.1 Å². The number of pyridine rings is 1. The number of alkyl halides is 6. The van der Waals surface area contributed by atoms with Gasteiger partial charge in [0.05, 0.1) is 29.9 Å². The normalized spacial score (nSPS) is 11.8. The summed E-state index contributed by atoms with van der Waals surface area (Å²) < 4.78 is 95.6. The molecule has 0 fully saturated rings. The predicted molar refractivity (Wildman–Crippen MR) is 84.1 cm³/mol. The van der Waals surface area contributed by atoms with E-state index in [0.717, 1.165) is 30.5 Å². The standard InChI is InChI=1S/C17H12F7N3O/c18-12-2-4-15(26-9-12)28-6-5-27(10-16(19,20)21)13-3-1-11(8-25)14(7-13)17(22,23)24/h1-4,7,9H,5-6,10H2. The number of ether oxygens (including phenoxy) is 1. The van der Waals surface area contributed by atoms with Crippen LogP contribution in [0.5, 0.6) is 5.88 Å². The Labute approximate surface area is 154 Å². The van der Waals surface area contributed by atoms with Crippen LogP contribution < -0.4 is 9.64 Å². The largest absolute Gasteiger partial charge is 0.476 e. The van der Waals surface area contributed by atoms with Crippen molar-refractivity contribution in [3.8, 4) is 11.9 Å². The summed E-state index contributed by atoms with van der Waals surface area (Å²) in [6.07, 6.45) is -8.75. The monoisotopic (exact) mass is 407 g/mol. The van der Waals surface area contributed by atoms with E-state index in [9.17, 15) is 30.7 Å². The quantitative estimate of drug-likeness (QED) is 0.659. The van der Waals surface area contributed by atoms with Crippen LogP contribution >= 0.6 is 0 Å². The molecule has 4 nitrogen and oxygen atoms in total. The van der Waals surface area contributed by atoms with Gasteiger partial charge < -0.3 is 9.64 Å². The van der Waals surface area contributed by atoms with Gasteiger partial charge in [-0.1, -0.05) is 0 Å². The predicted octanol–water partition coefficient (Wildman–Crippen LogP) is 4.56. The van der Waals surface area contributed by atoms with Gasteiger partial charge in [-0.05, 0) is 24.3 Å². The zero-order valence-electron chi connectivity index (χ0n) is 14.0. The highest BCUT2D eigenvalue weighted by Crippen LogP contribution is 2.35. The molecule has 2 aromatic rings. The molecule has 0 saturated carbocycles. The van der Waals surface area contributed by atoms with Crippen molar-refractivity contribution < 1.29 is 35.5 Å². The summed E-state index contributed by atoms with van der Waals surface area (Å²) in [6, 6.07) is 5.85. The number of nitriles is 1. The maximum Gasteiger partial charge on any atom is 0.417 e. The number of rotatable bonds is 6. The van der Waals surface area contributed by atoms with Gasteiger partial charge in [0.2, 0.25) is 5.88 Å². The third-order valence-corrected chi connectivity index (χ3v) is 3.48. The average Bonchev–Trinajstić information content (AvgIpc) is 2.60. The summed E-state index contributed by atoms with van der Waals surface area (Å²) >= 11 is 0. The summed E-state index contributed by atoms with van der Waals surface area (Å²) in [5.74, 6) is -0.688. The van der Waals surface area contributed by atoms with E-state index in [0.29, 0.717) is 11.0 Å². The van der Waals surface area contributed by atoms with Crippen molar-refractivity contribution in [1.29, 1.82) is 5.26 Å².